The number of nitrogens with zero attached hydrogens (tertiary/aromatic N) is 1. The molecule has 1 saturated carbocycles. The van der Waals surface area contributed by atoms with Crippen molar-refractivity contribution >= 4 is 37.5 Å². The molecule has 156 valence electrons. The lowest BCUT2D eigenvalue weighted by Gasteiger charge is -2.33. The van der Waals surface area contributed by atoms with Crippen LogP contribution in [0, 0.1) is 12.7 Å². The van der Waals surface area contributed by atoms with Gasteiger partial charge in [0.25, 0.3) is 0 Å². The van der Waals surface area contributed by atoms with Crippen molar-refractivity contribution in [3.63, 3.8) is 0 Å². The molecule has 1 aliphatic carbocycles. The zero-order valence-corrected chi connectivity index (χ0v) is 18.6. The number of hydrogen-bond acceptors (Lipinski definition) is 3. The molecule has 29 heavy (non-hydrogen) atoms. The summed E-state index contributed by atoms with van der Waals surface area (Å²) in [5, 5.41) is 2.66. The number of hydrogen-bond donors (Lipinski definition) is 1. The van der Waals surface area contributed by atoms with Crippen LogP contribution in [0.1, 0.15) is 37.7 Å². The minimum atomic E-state index is -3.85. The predicted molar refractivity (Wildman–Crippen MR) is 115 cm³/mol. The van der Waals surface area contributed by atoms with E-state index in [0.29, 0.717) is 11.3 Å². The van der Waals surface area contributed by atoms with Gasteiger partial charge in [-0.05, 0) is 61.7 Å². The van der Waals surface area contributed by atoms with Crippen molar-refractivity contribution in [1.29, 1.82) is 0 Å². The fraction of sp³-hybridized carbons (Fsp3) is 0.381. The van der Waals surface area contributed by atoms with Crippen LogP contribution in [0.15, 0.2) is 51.8 Å². The van der Waals surface area contributed by atoms with Crippen LogP contribution in [0.25, 0.3) is 0 Å². The average Bonchev–Trinajstić information content (AvgIpc) is 2.70. The van der Waals surface area contributed by atoms with Crippen molar-refractivity contribution in [2.45, 2.75) is 50.0 Å². The van der Waals surface area contributed by atoms with Crippen molar-refractivity contribution in [1.82, 2.24) is 4.31 Å². The van der Waals surface area contributed by atoms with Gasteiger partial charge < -0.3 is 5.32 Å². The monoisotopic (exact) mass is 482 g/mol. The molecule has 0 saturated heterocycles. The Bertz CT molecular complexity index is 974. The van der Waals surface area contributed by atoms with Gasteiger partial charge in [-0.1, -0.05) is 41.3 Å². The molecule has 1 fully saturated rings. The van der Waals surface area contributed by atoms with E-state index >= 15 is 0 Å². The number of nitrogens with one attached hydrogen (secondary N) is 1. The van der Waals surface area contributed by atoms with Gasteiger partial charge >= 0.3 is 0 Å². The van der Waals surface area contributed by atoms with Gasteiger partial charge in [0.15, 0.2) is 0 Å². The third kappa shape index (κ3) is 5.43. The number of benzene rings is 2. The third-order valence-corrected chi connectivity index (χ3v) is 7.62. The molecular weight excluding hydrogens is 459 g/mol. The summed E-state index contributed by atoms with van der Waals surface area (Å²) in [5.74, 6) is -0.942. The Morgan fingerprint density at radius 3 is 2.45 bits per heavy atom. The zero-order chi connectivity index (χ0) is 21.0. The molecule has 0 bridgehead atoms. The van der Waals surface area contributed by atoms with E-state index < -0.39 is 21.7 Å². The van der Waals surface area contributed by atoms with Crippen molar-refractivity contribution in [2.75, 3.05) is 11.9 Å². The number of carbonyl (C=O) groups is 1. The van der Waals surface area contributed by atoms with Crippen molar-refractivity contribution in [3.05, 3.63) is 58.3 Å². The molecule has 0 aliphatic heterocycles. The molecule has 0 atom stereocenters. The number of amides is 1. The molecule has 0 unspecified atom stereocenters. The van der Waals surface area contributed by atoms with Crippen molar-refractivity contribution < 1.29 is 17.6 Å². The third-order valence-electron chi connectivity index (χ3n) is 5.18. The maximum absolute atomic E-state index is 13.5. The molecular formula is C21H24BrFN2O3S. The molecule has 0 spiro atoms. The van der Waals surface area contributed by atoms with E-state index in [9.17, 15) is 17.6 Å². The summed E-state index contributed by atoms with van der Waals surface area (Å²) in [6.07, 6.45) is 4.38. The maximum atomic E-state index is 13.5. The molecule has 0 radical (unpaired) electrons. The highest BCUT2D eigenvalue weighted by Gasteiger charge is 2.34. The Kier molecular flexibility index (Phi) is 7.08. The van der Waals surface area contributed by atoms with E-state index in [1.807, 2.05) is 0 Å². The first-order valence-corrected chi connectivity index (χ1v) is 11.8. The van der Waals surface area contributed by atoms with Crippen LogP contribution in [0.4, 0.5) is 10.1 Å². The lowest BCUT2D eigenvalue weighted by molar-refractivity contribution is -0.116. The summed E-state index contributed by atoms with van der Waals surface area (Å²) >= 11 is 3.31. The van der Waals surface area contributed by atoms with E-state index in [0.717, 1.165) is 36.6 Å². The van der Waals surface area contributed by atoms with Crippen LogP contribution in [0.5, 0.6) is 0 Å². The predicted octanol–water partition coefficient (Wildman–Crippen LogP) is 4.86. The highest BCUT2D eigenvalue weighted by atomic mass is 79.9. The van der Waals surface area contributed by atoms with Gasteiger partial charge in [-0.3, -0.25) is 4.79 Å². The highest BCUT2D eigenvalue weighted by molar-refractivity contribution is 9.10. The Labute approximate surface area is 179 Å². The topological polar surface area (TPSA) is 66.5 Å². The minimum absolute atomic E-state index is 0.154. The van der Waals surface area contributed by atoms with Crippen molar-refractivity contribution in [3.8, 4) is 0 Å². The molecule has 8 heteroatoms. The van der Waals surface area contributed by atoms with Gasteiger partial charge in [-0.25, -0.2) is 12.8 Å². The average molecular weight is 483 g/mol. The second-order valence-electron chi connectivity index (χ2n) is 7.30. The quantitative estimate of drug-likeness (QED) is 0.639. The molecule has 0 aromatic heterocycles. The molecule has 0 heterocycles. The fourth-order valence-corrected chi connectivity index (χ4v) is 5.49. The van der Waals surface area contributed by atoms with Crippen LogP contribution in [0.2, 0.25) is 0 Å². The molecule has 1 N–H and O–H groups in total. The fourth-order valence-electron chi connectivity index (χ4n) is 3.58. The minimum Gasteiger partial charge on any atom is -0.325 e. The smallest absolute Gasteiger partial charge is 0.243 e. The van der Waals surface area contributed by atoms with E-state index in [4.69, 9.17) is 0 Å². The lowest BCUT2D eigenvalue weighted by Crippen LogP contribution is -2.45. The summed E-state index contributed by atoms with van der Waals surface area (Å²) in [7, 11) is -3.85. The van der Waals surface area contributed by atoms with Gasteiger partial charge in [-0.2, -0.15) is 4.31 Å². The molecule has 2 aromatic rings. The zero-order valence-electron chi connectivity index (χ0n) is 16.2. The van der Waals surface area contributed by atoms with Gasteiger partial charge in [0, 0.05) is 16.2 Å². The first-order valence-electron chi connectivity index (χ1n) is 9.61. The molecule has 1 aliphatic rings. The van der Waals surface area contributed by atoms with Crippen LogP contribution in [-0.4, -0.2) is 31.2 Å². The molecule has 5 nitrogen and oxygen atoms in total. The van der Waals surface area contributed by atoms with Crippen LogP contribution in [-0.2, 0) is 14.8 Å². The summed E-state index contributed by atoms with van der Waals surface area (Å²) in [4.78, 5) is 12.9. The number of anilines is 1. The summed E-state index contributed by atoms with van der Waals surface area (Å²) in [5.41, 5.74) is 1.05. The van der Waals surface area contributed by atoms with Gasteiger partial charge in [-0.15, -0.1) is 0 Å². The number of carbonyl (C=O) groups excluding carboxylic acids is 1. The Balaban J connectivity index is 1.86. The Hall–Kier alpha value is -1.77. The van der Waals surface area contributed by atoms with E-state index in [2.05, 4.69) is 21.2 Å². The number of aryl methyl sites for hydroxylation is 1. The highest BCUT2D eigenvalue weighted by Crippen LogP contribution is 2.28. The first kappa shape index (κ1) is 21.9. The Morgan fingerprint density at radius 2 is 1.79 bits per heavy atom. The van der Waals surface area contributed by atoms with E-state index in [1.54, 1.807) is 25.1 Å². The second kappa shape index (κ2) is 9.36. The standard InChI is InChI=1S/C21H24BrFN2O3S/c1-15-7-10-17(23)13-20(15)24-21(26)14-25(18-5-3-2-4-6-18)29(27,28)19-11-8-16(22)9-12-19/h7-13,18H,2-6,14H2,1H3,(H,24,26). The van der Waals surface area contributed by atoms with E-state index in [-0.39, 0.29) is 17.5 Å². The number of rotatable bonds is 6. The molecule has 2 aromatic carbocycles. The van der Waals surface area contributed by atoms with Crippen LogP contribution >= 0.6 is 15.9 Å². The maximum Gasteiger partial charge on any atom is 0.243 e. The second-order valence-corrected chi connectivity index (χ2v) is 10.1. The van der Waals surface area contributed by atoms with E-state index in [1.165, 1.54) is 28.6 Å². The first-order chi connectivity index (χ1) is 13.8. The van der Waals surface area contributed by atoms with Crippen LogP contribution < -0.4 is 5.32 Å². The Morgan fingerprint density at radius 1 is 1.14 bits per heavy atom. The van der Waals surface area contributed by atoms with Gasteiger partial charge in [0.05, 0.1) is 11.4 Å². The molecule has 1 amide bonds. The summed E-state index contributed by atoms with van der Waals surface area (Å²) < 4.78 is 42.3. The SMILES string of the molecule is Cc1ccc(F)cc1NC(=O)CN(C1CCCCC1)S(=O)(=O)c1ccc(Br)cc1. The largest absolute Gasteiger partial charge is 0.325 e. The van der Waals surface area contributed by atoms with Crippen molar-refractivity contribution in [2.24, 2.45) is 0 Å². The lowest BCUT2D eigenvalue weighted by atomic mass is 9.95. The van der Waals surface area contributed by atoms with Gasteiger partial charge in [0.1, 0.15) is 5.82 Å². The summed E-state index contributed by atoms with van der Waals surface area (Å²) in [6, 6.07) is 10.3. The number of halogens is 2. The normalized spacial score (nSPS) is 15.4. The summed E-state index contributed by atoms with van der Waals surface area (Å²) in [6.45, 7) is 1.45. The number of sulfonamides is 1. The van der Waals surface area contributed by atoms with Gasteiger partial charge in [0.2, 0.25) is 15.9 Å². The van der Waals surface area contributed by atoms with Crippen LogP contribution in [0.3, 0.4) is 0 Å². The molecule has 3 rings (SSSR count).